The van der Waals surface area contributed by atoms with Crippen molar-refractivity contribution < 1.29 is 4.74 Å². The molecule has 1 nitrogen and oxygen atoms in total. The Morgan fingerprint density at radius 2 is 2.18 bits per heavy atom. The first-order chi connectivity index (χ1) is 5.15. The van der Waals surface area contributed by atoms with Crippen molar-refractivity contribution in [3.63, 3.8) is 0 Å². The summed E-state index contributed by atoms with van der Waals surface area (Å²) in [5, 5.41) is 0. The third-order valence-electron chi connectivity index (χ3n) is 2.36. The maximum absolute atomic E-state index is 5.43. The molecule has 3 unspecified atom stereocenters. The fraction of sp³-hybridized carbons (Fsp3) is 0.800. The van der Waals surface area contributed by atoms with E-state index >= 15 is 0 Å². The molecule has 0 aromatic rings. The second kappa shape index (κ2) is 3.40. The molecule has 0 bridgehead atoms. The van der Waals surface area contributed by atoms with Gasteiger partial charge in [0.2, 0.25) is 0 Å². The summed E-state index contributed by atoms with van der Waals surface area (Å²) in [5.41, 5.74) is 1.28. The highest BCUT2D eigenvalue weighted by Crippen LogP contribution is 2.34. The molecule has 11 heavy (non-hydrogen) atoms. The largest absolute Gasteiger partial charge is 0.370 e. The van der Waals surface area contributed by atoms with Gasteiger partial charge in [0, 0.05) is 0 Å². The fourth-order valence-electron chi connectivity index (χ4n) is 1.64. The molecule has 1 aliphatic rings. The summed E-state index contributed by atoms with van der Waals surface area (Å²) < 4.78 is 5.43. The molecule has 0 radical (unpaired) electrons. The Morgan fingerprint density at radius 3 is 2.45 bits per heavy atom. The molecule has 1 heteroatoms. The first-order valence-electron chi connectivity index (χ1n) is 4.45. The zero-order valence-corrected chi connectivity index (χ0v) is 7.76. The number of epoxide rings is 1. The van der Waals surface area contributed by atoms with E-state index < -0.39 is 0 Å². The normalized spacial score (nSPS) is 31.5. The van der Waals surface area contributed by atoms with Gasteiger partial charge in [0.15, 0.2) is 0 Å². The van der Waals surface area contributed by atoms with Crippen molar-refractivity contribution in [3.05, 3.63) is 12.2 Å². The smallest absolute Gasteiger partial charge is 0.0870 e. The van der Waals surface area contributed by atoms with Crippen LogP contribution in [0.2, 0.25) is 0 Å². The Morgan fingerprint density at radius 1 is 1.64 bits per heavy atom. The average molecular weight is 154 g/mol. The molecule has 0 aromatic carbocycles. The van der Waals surface area contributed by atoms with Crippen LogP contribution in [0.4, 0.5) is 0 Å². The zero-order chi connectivity index (χ0) is 8.43. The Hall–Kier alpha value is -0.300. The van der Waals surface area contributed by atoms with Crippen LogP contribution in [0.15, 0.2) is 12.2 Å². The highest BCUT2D eigenvalue weighted by molar-refractivity contribution is 4.96. The van der Waals surface area contributed by atoms with Crippen LogP contribution in [0.1, 0.15) is 33.6 Å². The van der Waals surface area contributed by atoms with E-state index in [0.29, 0.717) is 18.1 Å². The van der Waals surface area contributed by atoms with Gasteiger partial charge in [-0.1, -0.05) is 18.9 Å². The summed E-state index contributed by atoms with van der Waals surface area (Å²) in [4.78, 5) is 0. The highest BCUT2D eigenvalue weighted by Gasteiger charge is 2.39. The lowest BCUT2D eigenvalue weighted by Crippen LogP contribution is -2.09. The van der Waals surface area contributed by atoms with Crippen molar-refractivity contribution in [3.8, 4) is 0 Å². The van der Waals surface area contributed by atoms with Crippen LogP contribution < -0.4 is 0 Å². The van der Waals surface area contributed by atoms with Crippen molar-refractivity contribution in [1.29, 1.82) is 0 Å². The molecule has 0 N–H and O–H groups in total. The topological polar surface area (TPSA) is 12.5 Å². The Labute approximate surface area is 69.4 Å². The summed E-state index contributed by atoms with van der Waals surface area (Å²) in [6, 6.07) is 0. The Bertz CT molecular complexity index is 151. The van der Waals surface area contributed by atoms with Gasteiger partial charge in [-0.3, -0.25) is 0 Å². The minimum atomic E-state index is 0.499. The molecule has 0 spiro atoms. The monoisotopic (exact) mass is 154 g/mol. The lowest BCUT2D eigenvalue weighted by molar-refractivity contribution is 0.311. The minimum absolute atomic E-state index is 0.499. The van der Waals surface area contributed by atoms with Crippen molar-refractivity contribution in [1.82, 2.24) is 0 Å². The predicted molar refractivity (Wildman–Crippen MR) is 47.5 cm³/mol. The summed E-state index contributed by atoms with van der Waals surface area (Å²) >= 11 is 0. The highest BCUT2D eigenvalue weighted by atomic mass is 16.6. The molecule has 1 rings (SSSR count). The Balaban J connectivity index is 2.32. The van der Waals surface area contributed by atoms with Crippen LogP contribution >= 0.6 is 0 Å². The molecular formula is C10H18O. The molecule has 3 atom stereocenters. The van der Waals surface area contributed by atoms with Gasteiger partial charge in [-0.05, 0) is 26.2 Å². The third kappa shape index (κ3) is 2.33. The van der Waals surface area contributed by atoms with Crippen LogP contribution in [-0.4, -0.2) is 12.2 Å². The number of rotatable bonds is 4. The molecule has 0 aliphatic carbocycles. The van der Waals surface area contributed by atoms with Gasteiger partial charge in [-0.15, -0.1) is 6.58 Å². The minimum Gasteiger partial charge on any atom is -0.370 e. The summed E-state index contributed by atoms with van der Waals surface area (Å²) in [7, 11) is 0. The van der Waals surface area contributed by atoms with Gasteiger partial charge >= 0.3 is 0 Å². The number of ether oxygens (including phenoxy) is 1. The van der Waals surface area contributed by atoms with Gasteiger partial charge in [0.05, 0.1) is 12.2 Å². The molecule has 1 saturated heterocycles. The average Bonchev–Trinajstić information content (AvgIpc) is 2.61. The van der Waals surface area contributed by atoms with Gasteiger partial charge in [0.25, 0.3) is 0 Å². The molecule has 1 fully saturated rings. The SMILES string of the molecule is C=C(C)CC(CC)C1OC1C. The number of allylic oxidation sites excluding steroid dienone is 1. The molecule has 1 aliphatic heterocycles. The van der Waals surface area contributed by atoms with E-state index in [4.69, 9.17) is 4.74 Å². The van der Waals surface area contributed by atoms with Crippen molar-refractivity contribution in [2.45, 2.75) is 45.8 Å². The molecule has 0 aromatic heterocycles. The molecule has 1 heterocycles. The van der Waals surface area contributed by atoms with E-state index in [1.54, 1.807) is 0 Å². The van der Waals surface area contributed by atoms with E-state index in [9.17, 15) is 0 Å². The Kier molecular flexibility index (Phi) is 2.72. The van der Waals surface area contributed by atoms with Gasteiger partial charge < -0.3 is 4.74 Å². The van der Waals surface area contributed by atoms with E-state index in [2.05, 4.69) is 27.4 Å². The van der Waals surface area contributed by atoms with Crippen molar-refractivity contribution in [2.75, 3.05) is 0 Å². The quantitative estimate of drug-likeness (QED) is 0.448. The predicted octanol–water partition coefficient (Wildman–Crippen LogP) is 2.77. The summed E-state index contributed by atoms with van der Waals surface area (Å²) in [6.45, 7) is 10.4. The molecule has 0 saturated carbocycles. The molecule has 0 amide bonds. The fourth-order valence-corrected chi connectivity index (χ4v) is 1.64. The van der Waals surface area contributed by atoms with Crippen LogP contribution in [0, 0.1) is 5.92 Å². The maximum atomic E-state index is 5.43. The van der Waals surface area contributed by atoms with Crippen LogP contribution in [0.5, 0.6) is 0 Å². The van der Waals surface area contributed by atoms with E-state index in [0.717, 1.165) is 6.42 Å². The standard InChI is InChI=1S/C10H18O/c1-5-9(6-7(2)3)10-8(4)11-10/h8-10H,2,5-6H2,1,3-4H3. The lowest BCUT2D eigenvalue weighted by atomic mass is 9.94. The van der Waals surface area contributed by atoms with Gasteiger partial charge in [-0.2, -0.15) is 0 Å². The van der Waals surface area contributed by atoms with E-state index in [-0.39, 0.29) is 0 Å². The van der Waals surface area contributed by atoms with E-state index in [1.807, 2.05) is 0 Å². The molecule has 64 valence electrons. The lowest BCUT2D eigenvalue weighted by Gasteiger charge is -2.10. The second-order valence-corrected chi connectivity index (χ2v) is 3.64. The van der Waals surface area contributed by atoms with Crippen LogP contribution in [-0.2, 0) is 4.74 Å². The van der Waals surface area contributed by atoms with Crippen LogP contribution in [0.25, 0.3) is 0 Å². The van der Waals surface area contributed by atoms with Crippen molar-refractivity contribution in [2.24, 2.45) is 5.92 Å². The van der Waals surface area contributed by atoms with Crippen molar-refractivity contribution >= 4 is 0 Å². The summed E-state index contributed by atoms with van der Waals surface area (Å²) in [5.74, 6) is 0.711. The second-order valence-electron chi connectivity index (χ2n) is 3.64. The first-order valence-corrected chi connectivity index (χ1v) is 4.45. The molecular weight excluding hydrogens is 136 g/mol. The van der Waals surface area contributed by atoms with Gasteiger partial charge in [-0.25, -0.2) is 0 Å². The number of hydrogen-bond acceptors (Lipinski definition) is 1. The van der Waals surface area contributed by atoms with Crippen LogP contribution in [0.3, 0.4) is 0 Å². The maximum Gasteiger partial charge on any atom is 0.0870 e. The zero-order valence-electron chi connectivity index (χ0n) is 7.76. The summed E-state index contributed by atoms with van der Waals surface area (Å²) in [6.07, 6.45) is 3.36. The number of hydrogen-bond donors (Lipinski definition) is 0. The third-order valence-corrected chi connectivity index (χ3v) is 2.36. The van der Waals surface area contributed by atoms with Gasteiger partial charge in [0.1, 0.15) is 0 Å². The first kappa shape index (κ1) is 8.79. The van der Waals surface area contributed by atoms with E-state index in [1.165, 1.54) is 12.0 Å².